The molecule has 1 spiro atoms. The van der Waals surface area contributed by atoms with Crippen molar-refractivity contribution < 1.29 is 9.59 Å². The van der Waals surface area contributed by atoms with Gasteiger partial charge in [0.25, 0.3) is 0 Å². The number of carbonyl (C=O) groups excluding carboxylic acids is 2. The smallest absolute Gasteiger partial charge is 0.242 e. The molecular weight excluding hydrogens is 288 g/mol. The Bertz CT molecular complexity index is 677. The largest absolute Gasteiger partial charge is 0.311 e. The Labute approximate surface area is 135 Å². The van der Waals surface area contributed by atoms with Gasteiger partial charge >= 0.3 is 0 Å². The number of amides is 2. The number of hydrogen-bond acceptors (Lipinski definition) is 2. The van der Waals surface area contributed by atoms with Gasteiger partial charge in [-0.3, -0.25) is 9.59 Å². The minimum Gasteiger partial charge on any atom is -0.311 e. The summed E-state index contributed by atoms with van der Waals surface area (Å²) in [4.78, 5) is 29.5. The van der Waals surface area contributed by atoms with Crippen LogP contribution in [0.25, 0.3) is 0 Å². The maximum absolute atomic E-state index is 13.0. The van der Waals surface area contributed by atoms with Crippen molar-refractivity contribution in [2.45, 2.75) is 12.8 Å². The first-order valence-corrected chi connectivity index (χ1v) is 7.96. The SMILES string of the molecule is O=C1N(c2ccccc2)CCC12CCN(c1ccccc1)C2=O. The molecule has 0 unspecified atom stereocenters. The van der Waals surface area contributed by atoms with E-state index in [1.165, 1.54) is 0 Å². The van der Waals surface area contributed by atoms with Crippen molar-refractivity contribution in [1.82, 2.24) is 0 Å². The highest BCUT2D eigenvalue weighted by Gasteiger charge is 2.57. The van der Waals surface area contributed by atoms with Gasteiger partial charge in [0.2, 0.25) is 11.8 Å². The zero-order valence-electron chi connectivity index (χ0n) is 12.8. The molecule has 4 heteroatoms. The Kier molecular flexibility index (Phi) is 3.18. The molecule has 0 atom stereocenters. The molecule has 2 aromatic carbocycles. The van der Waals surface area contributed by atoms with Crippen LogP contribution >= 0.6 is 0 Å². The average Bonchev–Trinajstić information content (AvgIpc) is 3.12. The van der Waals surface area contributed by atoms with E-state index in [4.69, 9.17) is 0 Å². The maximum Gasteiger partial charge on any atom is 0.242 e. The molecule has 2 amide bonds. The molecule has 0 aliphatic carbocycles. The van der Waals surface area contributed by atoms with Gasteiger partial charge in [-0.1, -0.05) is 36.4 Å². The van der Waals surface area contributed by atoms with Gasteiger partial charge in [0.1, 0.15) is 5.41 Å². The summed E-state index contributed by atoms with van der Waals surface area (Å²) in [5.74, 6) is -0.0979. The van der Waals surface area contributed by atoms with Crippen LogP contribution in [-0.4, -0.2) is 24.9 Å². The van der Waals surface area contributed by atoms with E-state index in [9.17, 15) is 9.59 Å². The minimum absolute atomic E-state index is 0.0490. The van der Waals surface area contributed by atoms with Crippen molar-refractivity contribution in [1.29, 1.82) is 0 Å². The molecule has 2 saturated heterocycles. The van der Waals surface area contributed by atoms with Gasteiger partial charge in [0.15, 0.2) is 0 Å². The number of anilines is 2. The summed E-state index contributed by atoms with van der Waals surface area (Å²) in [6.45, 7) is 1.22. The summed E-state index contributed by atoms with van der Waals surface area (Å²) in [7, 11) is 0. The zero-order chi connectivity index (χ0) is 15.9. The van der Waals surface area contributed by atoms with Gasteiger partial charge in [0, 0.05) is 24.5 Å². The molecule has 2 aliphatic heterocycles. The third-order valence-corrected chi connectivity index (χ3v) is 4.97. The Balaban J connectivity index is 1.63. The topological polar surface area (TPSA) is 40.6 Å². The molecule has 2 aromatic rings. The van der Waals surface area contributed by atoms with E-state index in [-0.39, 0.29) is 11.8 Å². The first-order chi connectivity index (χ1) is 11.2. The summed E-state index contributed by atoms with van der Waals surface area (Å²) >= 11 is 0. The van der Waals surface area contributed by atoms with E-state index < -0.39 is 5.41 Å². The lowest BCUT2D eigenvalue weighted by Gasteiger charge is -2.23. The first-order valence-electron chi connectivity index (χ1n) is 7.96. The zero-order valence-corrected chi connectivity index (χ0v) is 12.8. The lowest BCUT2D eigenvalue weighted by Crippen LogP contribution is -2.41. The van der Waals surface area contributed by atoms with Gasteiger partial charge in [-0.2, -0.15) is 0 Å². The third kappa shape index (κ3) is 2.05. The lowest BCUT2D eigenvalue weighted by atomic mass is 9.84. The predicted octanol–water partition coefficient (Wildman–Crippen LogP) is 2.85. The normalized spacial score (nSPS) is 19.8. The number of benzene rings is 2. The van der Waals surface area contributed by atoms with Gasteiger partial charge in [-0.15, -0.1) is 0 Å². The molecule has 4 rings (SSSR count). The second kappa shape index (κ2) is 5.23. The fourth-order valence-corrected chi connectivity index (χ4v) is 3.68. The molecule has 0 N–H and O–H groups in total. The Morgan fingerprint density at radius 1 is 0.652 bits per heavy atom. The van der Waals surface area contributed by atoms with Crippen LogP contribution in [0.15, 0.2) is 60.7 Å². The van der Waals surface area contributed by atoms with Crippen molar-refractivity contribution in [3.05, 3.63) is 60.7 Å². The quantitative estimate of drug-likeness (QED) is 0.801. The van der Waals surface area contributed by atoms with Crippen LogP contribution in [0.5, 0.6) is 0 Å². The molecular formula is C19H18N2O2. The summed E-state index contributed by atoms with van der Waals surface area (Å²) in [5, 5.41) is 0. The Hall–Kier alpha value is -2.62. The highest BCUT2D eigenvalue weighted by atomic mass is 16.2. The minimum atomic E-state index is -0.869. The van der Waals surface area contributed by atoms with Crippen molar-refractivity contribution in [2.75, 3.05) is 22.9 Å². The average molecular weight is 306 g/mol. The monoisotopic (exact) mass is 306 g/mol. The maximum atomic E-state index is 13.0. The van der Waals surface area contributed by atoms with Gasteiger partial charge in [0.05, 0.1) is 0 Å². The van der Waals surface area contributed by atoms with E-state index in [0.717, 1.165) is 11.4 Å². The number of nitrogens with zero attached hydrogens (tertiary/aromatic N) is 2. The molecule has 0 aromatic heterocycles. The highest BCUT2D eigenvalue weighted by Crippen LogP contribution is 2.44. The predicted molar refractivity (Wildman–Crippen MR) is 89.3 cm³/mol. The van der Waals surface area contributed by atoms with Gasteiger partial charge in [-0.05, 0) is 37.1 Å². The number of para-hydroxylation sites is 2. The number of hydrogen-bond donors (Lipinski definition) is 0. The molecule has 2 fully saturated rings. The van der Waals surface area contributed by atoms with Crippen LogP contribution in [0, 0.1) is 5.41 Å². The molecule has 23 heavy (non-hydrogen) atoms. The number of carbonyl (C=O) groups is 2. The van der Waals surface area contributed by atoms with Crippen LogP contribution < -0.4 is 9.80 Å². The Morgan fingerprint density at radius 2 is 1.04 bits per heavy atom. The van der Waals surface area contributed by atoms with Crippen LogP contribution in [0.3, 0.4) is 0 Å². The van der Waals surface area contributed by atoms with Gasteiger partial charge < -0.3 is 9.80 Å². The molecule has 0 bridgehead atoms. The molecule has 4 nitrogen and oxygen atoms in total. The van der Waals surface area contributed by atoms with Crippen LogP contribution in [0.1, 0.15) is 12.8 Å². The molecule has 116 valence electrons. The van der Waals surface area contributed by atoms with Gasteiger partial charge in [-0.25, -0.2) is 0 Å². The molecule has 0 saturated carbocycles. The standard InChI is InChI=1S/C19H18N2O2/c22-17-19(11-13-20(17)15-7-3-1-4-8-15)12-14-21(18(19)23)16-9-5-2-6-10-16/h1-10H,11-14H2. The van der Waals surface area contributed by atoms with E-state index in [1.54, 1.807) is 9.80 Å². The Morgan fingerprint density at radius 3 is 1.43 bits per heavy atom. The molecule has 0 radical (unpaired) electrons. The second-order valence-electron chi connectivity index (χ2n) is 6.17. The molecule has 2 heterocycles. The van der Waals surface area contributed by atoms with Crippen molar-refractivity contribution in [3.8, 4) is 0 Å². The summed E-state index contributed by atoms with van der Waals surface area (Å²) < 4.78 is 0. The van der Waals surface area contributed by atoms with Crippen molar-refractivity contribution in [2.24, 2.45) is 5.41 Å². The fourth-order valence-electron chi connectivity index (χ4n) is 3.68. The highest BCUT2D eigenvalue weighted by molar-refractivity contribution is 6.19. The van der Waals surface area contributed by atoms with Crippen molar-refractivity contribution >= 4 is 23.2 Å². The first kappa shape index (κ1) is 14.0. The third-order valence-electron chi connectivity index (χ3n) is 4.97. The van der Waals surface area contributed by atoms with E-state index >= 15 is 0 Å². The number of rotatable bonds is 2. The van der Waals surface area contributed by atoms with Crippen LogP contribution in [0.4, 0.5) is 11.4 Å². The fraction of sp³-hybridized carbons (Fsp3) is 0.263. The summed E-state index contributed by atoms with van der Waals surface area (Å²) in [6, 6.07) is 19.2. The van der Waals surface area contributed by atoms with E-state index in [1.807, 2.05) is 60.7 Å². The summed E-state index contributed by atoms with van der Waals surface area (Å²) in [5.41, 5.74) is 0.881. The summed E-state index contributed by atoms with van der Waals surface area (Å²) in [6.07, 6.45) is 1.20. The van der Waals surface area contributed by atoms with E-state index in [2.05, 4.69) is 0 Å². The second-order valence-corrected chi connectivity index (χ2v) is 6.17. The van der Waals surface area contributed by atoms with E-state index in [0.29, 0.717) is 25.9 Å². The van der Waals surface area contributed by atoms with Crippen LogP contribution in [0.2, 0.25) is 0 Å². The molecule has 2 aliphatic rings. The van der Waals surface area contributed by atoms with Crippen molar-refractivity contribution in [3.63, 3.8) is 0 Å². The van der Waals surface area contributed by atoms with Crippen LogP contribution in [-0.2, 0) is 9.59 Å². The lowest BCUT2D eigenvalue weighted by molar-refractivity contribution is -0.135.